The molecule has 1 amide bonds. The van der Waals surface area contributed by atoms with Gasteiger partial charge in [0.2, 0.25) is 5.91 Å². The summed E-state index contributed by atoms with van der Waals surface area (Å²) >= 11 is 6.23. The molecule has 156 valence electrons. The summed E-state index contributed by atoms with van der Waals surface area (Å²) in [6.07, 6.45) is 0. The number of nitrogens with zero attached hydrogens (tertiary/aromatic N) is 1. The summed E-state index contributed by atoms with van der Waals surface area (Å²) < 4.78 is 27.7. The van der Waals surface area contributed by atoms with Crippen molar-refractivity contribution in [3.8, 4) is 0 Å². The molecule has 0 aliphatic carbocycles. The third-order valence-electron chi connectivity index (χ3n) is 4.80. The number of halogens is 1. The summed E-state index contributed by atoms with van der Waals surface area (Å²) in [4.78, 5) is 12.8. The van der Waals surface area contributed by atoms with E-state index in [0.29, 0.717) is 17.3 Å². The zero-order valence-corrected chi connectivity index (χ0v) is 18.4. The fraction of sp³-hybridized carbons (Fsp3) is 0.174. The Morgan fingerprint density at radius 2 is 1.60 bits per heavy atom. The molecule has 0 atom stereocenters. The van der Waals surface area contributed by atoms with E-state index >= 15 is 0 Å². The largest absolute Gasteiger partial charge is 0.350 e. The molecule has 0 fully saturated rings. The van der Waals surface area contributed by atoms with Crippen LogP contribution in [-0.4, -0.2) is 20.9 Å². The number of anilines is 1. The van der Waals surface area contributed by atoms with Crippen LogP contribution < -0.4 is 9.62 Å². The number of nitrogens with one attached hydrogen (secondary N) is 1. The summed E-state index contributed by atoms with van der Waals surface area (Å²) in [5, 5.41) is 3.24. The van der Waals surface area contributed by atoms with E-state index in [2.05, 4.69) is 5.32 Å². The first-order valence-corrected chi connectivity index (χ1v) is 11.3. The van der Waals surface area contributed by atoms with Gasteiger partial charge in [0.05, 0.1) is 10.6 Å². The Kier molecular flexibility index (Phi) is 6.80. The second kappa shape index (κ2) is 9.32. The Balaban J connectivity index is 1.88. The summed E-state index contributed by atoms with van der Waals surface area (Å²) in [6, 6.07) is 20.7. The Labute approximate surface area is 182 Å². The van der Waals surface area contributed by atoms with Crippen LogP contribution in [0.25, 0.3) is 0 Å². The minimum absolute atomic E-state index is 0.105. The van der Waals surface area contributed by atoms with Crippen molar-refractivity contribution in [3.63, 3.8) is 0 Å². The number of carbonyl (C=O) groups excluding carboxylic acids is 1. The fourth-order valence-corrected chi connectivity index (χ4v) is 4.57. The molecule has 0 unspecified atom stereocenters. The van der Waals surface area contributed by atoms with Crippen LogP contribution in [0.3, 0.4) is 0 Å². The second-order valence-electron chi connectivity index (χ2n) is 6.96. The van der Waals surface area contributed by atoms with E-state index in [4.69, 9.17) is 11.6 Å². The lowest BCUT2D eigenvalue weighted by molar-refractivity contribution is -0.119. The van der Waals surface area contributed by atoms with Gasteiger partial charge in [0.1, 0.15) is 6.54 Å². The topological polar surface area (TPSA) is 66.5 Å². The summed E-state index contributed by atoms with van der Waals surface area (Å²) in [7, 11) is -3.96. The van der Waals surface area contributed by atoms with Crippen LogP contribution >= 0.6 is 11.6 Å². The van der Waals surface area contributed by atoms with E-state index in [-0.39, 0.29) is 11.4 Å². The normalized spacial score (nSPS) is 11.2. The van der Waals surface area contributed by atoms with Gasteiger partial charge in [-0.25, -0.2) is 8.42 Å². The molecule has 0 aliphatic heterocycles. The monoisotopic (exact) mass is 442 g/mol. The number of hydrogen-bond acceptors (Lipinski definition) is 3. The highest BCUT2D eigenvalue weighted by Crippen LogP contribution is 2.27. The van der Waals surface area contributed by atoms with E-state index in [9.17, 15) is 13.2 Å². The number of sulfonamides is 1. The standard InChI is InChI=1S/C23H23ClN2O3S/c1-17-8-6-7-9-19(17)15-25-23(27)16-26(20-13-12-18(2)22(24)14-20)30(28,29)21-10-4-3-5-11-21/h3-14H,15-16H2,1-2H3,(H,25,27). The molecule has 0 radical (unpaired) electrons. The highest BCUT2D eigenvalue weighted by molar-refractivity contribution is 7.92. The molecule has 1 N–H and O–H groups in total. The van der Waals surface area contributed by atoms with Crippen molar-refractivity contribution in [2.45, 2.75) is 25.3 Å². The molecule has 0 aromatic heterocycles. The molecule has 30 heavy (non-hydrogen) atoms. The Morgan fingerprint density at radius 3 is 2.27 bits per heavy atom. The summed E-state index contributed by atoms with van der Waals surface area (Å²) in [6.45, 7) is 3.75. The van der Waals surface area contributed by atoms with Crippen molar-refractivity contribution in [1.29, 1.82) is 0 Å². The average molecular weight is 443 g/mol. The lowest BCUT2D eigenvalue weighted by Crippen LogP contribution is -2.40. The highest BCUT2D eigenvalue weighted by Gasteiger charge is 2.27. The number of aryl methyl sites for hydroxylation is 2. The van der Waals surface area contributed by atoms with Crippen LogP contribution in [-0.2, 0) is 21.4 Å². The van der Waals surface area contributed by atoms with Crippen LogP contribution in [0.5, 0.6) is 0 Å². The van der Waals surface area contributed by atoms with Crippen molar-refractivity contribution in [2.24, 2.45) is 0 Å². The van der Waals surface area contributed by atoms with Gasteiger partial charge in [0.15, 0.2) is 0 Å². The maximum absolute atomic E-state index is 13.3. The van der Waals surface area contributed by atoms with Gasteiger partial charge in [-0.05, 0) is 54.8 Å². The van der Waals surface area contributed by atoms with Crippen molar-refractivity contribution in [3.05, 3.63) is 94.5 Å². The third-order valence-corrected chi connectivity index (χ3v) is 6.99. The number of carbonyl (C=O) groups is 1. The van der Waals surface area contributed by atoms with Crippen molar-refractivity contribution < 1.29 is 13.2 Å². The lowest BCUT2D eigenvalue weighted by Gasteiger charge is -2.24. The van der Waals surface area contributed by atoms with E-state index < -0.39 is 15.9 Å². The smallest absolute Gasteiger partial charge is 0.264 e. The minimum atomic E-state index is -3.96. The predicted octanol–water partition coefficient (Wildman–Crippen LogP) is 4.47. The van der Waals surface area contributed by atoms with Gasteiger partial charge < -0.3 is 5.32 Å². The van der Waals surface area contributed by atoms with Gasteiger partial charge in [-0.15, -0.1) is 0 Å². The molecule has 7 heteroatoms. The molecule has 0 saturated carbocycles. The Hall–Kier alpha value is -2.83. The van der Waals surface area contributed by atoms with E-state index in [1.165, 1.54) is 12.1 Å². The van der Waals surface area contributed by atoms with Gasteiger partial charge in [-0.1, -0.05) is 60.1 Å². The predicted molar refractivity (Wildman–Crippen MR) is 120 cm³/mol. The van der Waals surface area contributed by atoms with Gasteiger partial charge in [-0.3, -0.25) is 9.10 Å². The number of rotatable bonds is 7. The number of amides is 1. The first-order chi connectivity index (χ1) is 14.3. The molecular weight excluding hydrogens is 420 g/mol. The number of benzene rings is 3. The Morgan fingerprint density at radius 1 is 0.933 bits per heavy atom. The van der Waals surface area contributed by atoms with Crippen LogP contribution in [0.1, 0.15) is 16.7 Å². The zero-order valence-electron chi connectivity index (χ0n) is 16.8. The first kappa shape index (κ1) is 21.9. The molecule has 0 bridgehead atoms. The molecule has 0 heterocycles. The maximum atomic E-state index is 13.3. The fourth-order valence-electron chi connectivity index (χ4n) is 2.96. The molecule has 0 saturated heterocycles. The van der Waals surface area contributed by atoms with Gasteiger partial charge >= 0.3 is 0 Å². The minimum Gasteiger partial charge on any atom is -0.350 e. The van der Waals surface area contributed by atoms with E-state index in [1.54, 1.807) is 36.4 Å². The number of hydrogen-bond donors (Lipinski definition) is 1. The van der Waals surface area contributed by atoms with Gasteiger partial charge in [-0.2, -0.15) is 0 Å². The molecule has 3 aromatic rings. The molecule has 0 spiro atoms. The summed E-state index contributed by atoms with van der Waals surface area (Å²) in [5.74, 6) is -0.408. The van der Waals surface area contributed by atoms with Crippen molar-refractivity contribution >= 4 is 33.2 Å². The van der Waals surface area contributed by atoms with E-state index in [1.807, 2.05) is 38.1 Å². The molecule has 3 aromatic carbocycles. The molecule has 5 nitrogen and oxygen atoms in total. The van der Waals surface area contributed by atoms with Gasteiger partial charge in [0, 0.05) is 11.6 Å². The van der Waals surface area contributed by atoms with Crippen LogP contribution in [0, 0.1) is 13.8 Å². The van der Waals surface area contributed by atoms with Crippen LogP contribution in [0.2, 0.25) is 5.02 Å². The third kappa shape index (κ3) is 5.01. The second-order valence-corrected chi connectivity index (χ2v) is 9.23. The van der Waals surface area contributed by atoms with Crippen molar-refractivity contribution in [2.75, 3.05) is 10.8 Å². The maximum Gasteiger partial charge on any atom is 0.264 e. The zero-order chi connectivity index (χ0) is 21.7. The first-order valence-electron chi connectivity index (χ1n) is 9.44. The van der Waals surface area contributed by atoms with E-state index in [0.717, 1.165) is 21.0 Å². The average Bonchev–Trinajstić information content (AvgIpc) is 2.74. The van der Waals surface area contributed by atoms with Crippen LogP contribution in [0.15, 0.2) is 77.7 Å². The highest BCUT2D eigenvalue weighted by atomic mass is 35.5. The SMILES string of the molecule is Cc1ccc(N(CC(=O)NCc2ccccc2C)S(=O)(=O)c2ccccc2)cc1Cl. The molecule has 3 rings (SSSR count). The molecule has 0 aliphatic rings. The summed E-state index contributed by atoms with van der Waals surface area (Å²) in [5.41, 5.74) is 3.18. The molecular formula is C23H23ClN2O3S. The van der Waals surface area contributed by atoms with Crippen LogP contribution in [0.4, 0.5) is 5.69 Å². The quantitative estimate of drug-likeness (QED) is 0.587. The Bertz CT molecular complexity index is 1150. The lowest BCUT2D eigenvalue weighted by atomic mass is 10.1. The van der Waals surface area contributed by atoms with Crippen molar-refractivity contribution in [1.82, 2.24) is 5.32 Å². The van der Waals surface area contributed by atoms with Gasteiger partial charge in [0.25, 0.3) is 10.0 Å².